The number of fused-ring (bicyclic) bond motifs is 1. The second-order valence-electron chi connectivity index (χ2n) is 10.1. The van der Waals surface area contributed by atoms with Gasteiger partial charge in [0.15, 0.2) is 0 Å². The largest absolute Gasteiger partial charge is 0.379 e. The van der Waals surface area contributed by atoms with Gasteiger partial charge < -0.3 is 15.5 Å². The summed E-state index contributed by atoms with van der Waals surface area (Å²) in [5, 5.41) is 25.8. The van der Waals surface area contributed by atoms with E-state index in [4.69, 9.17) is 11.6 Å². The number of pyridine rings is 1. The van der Waals surface area contributed by atoms with Gasteiger partial charge >= 0.3 is 0 Å². The lowest BCUT2D eigenvalue weighted by molar-refractivity contribution is 0.139. The highest BCUT2D eigenvalue weighted by Crippen LogP contribution is 2.35. The van der Waals surface area contributed by atoms with Crippen LogP contribution in [0.25, 0.3) is 10.9 Å². The van der Waals surface area contributed by atoms with Crippen molar-refractivity contribution >= 4 is 55.5 Å². The van der Waals surface area contributed by atoms with E-state index in [1.807, 2.05) is 23.0 Å². The number of hydrogen-bond acceptors (Lipinski definition) is 7. The minimum Gasteiger partial charge on any atom is -0.379 e. The number of nitrogens with one attached hydrogen (secondary N) is 2. The normalized spacial score (nSPS) is 14.6. The molecular formula is C28H29BrClFN8. The van der Waals surface area contributed by atoms with E-state index >= 15 is 0 Å². The van der Waals surface area contributed by atoms with E-state index in [0.29, 0.717) is 41.0 Å². The molecular weight excluding hydrogens is 583 g/mol. The first-order chi connectivity index (χ1) is 18.8. The Bertz CT molecular complexity index is 1520. The number of halogens is 3. The van der Waals surface area contributed by atoms with Gasteiger partial charge in [0, 0.05) is 40.0 Å². The fourth-order valence-electron chi connectivity index (χ4n) is 4.92. The molecule has 1 saturated heterocycles. The molecule has 2 aromatic heterocycles. The number of nitrogens with zero attached hydrogens (tertiary/aromatic N) is 6. The van der Waals surface area contributed by atoms with Crippen molar-refractivity contribution in [2.45, 2.75) is 45.8 Å². The molecule has 0 saturated carbocycles. The number of nitriles is 1. The molecule has 0 radical (unpaired) electrons. The standard InChI is InChI=1S/C28H29BrClFN8/c1-17(2)38-7-5-18(6-8-38)15-39-16-22(36-37-39)14-33-21-9-23-27(35-20-3-4-26(31)25(30)11-20)19(12-32)13-34-28(23)24(29)10-21/h3-4,9-11,13,16-18,33H,5-8,14-15H2,1-2H3,(H,34,35). The van der Waals surface area contributed by atoms with Gasteiger partial charge in [-0.3, -0.25) is 9.67 Å². The topological polar surface area (TPSA) is 94.7 Å². The van der Waals surface area contributed by atoms with E-state index in [1.165, 1.54) is 31.2 Å². The van der Waals surface area contributed by atoms with Crippen molar-refractivity contribution in [2.24, 2.45) is 5.92 Å². The van der Waals surface area contributed by atoms with Gasteiger partial charge in [0.05, 0.1) is 34.5 Å². The number of likely N-dealkylation sites (tertiary alicyclic amines) is 1. The van der Waals surface area contributed by atoms with Gasteiger partial charge in [0.1, 0.15) is 17.6 Å². The van der Waals surface area contributed by atoms with Crippen LogP contribution in [0.3, 0.4) is 0 Å². The lowest BCUT2D eigenvalue weighted by Crippen LogP contribution is -2.39. The average Bonchev–Trinajstić information content (AvgIpc) is 3.37. The van der Waals surface area contributed by atoms with Crippen LogP contribution in [-0.4, -0.2) is 44.0 Å². The van der Waals surface area contributed by atoms with Crippen LogP contribution < -0.4 is 10.6 Å². The molecule has 202 valence electrons. The molecule has 1 fully saturated rings. The molecule has 4 aromatic rings. The van der Waals surface area contributed by atoms with Gasteiger partial charge in [-0.15, -0.1) is 5.10 Å². The van der Waals surface area contributed by atoms with Crippen molar-refractivity contribution in [2.75, 3.05) is 23.7 Å². The summed E-state index contributed by atoms with van der Waals surface area (Å²) < 4.78 is 16.4. The van der Waals surface area contributed by atoms with Crippen LogP contribution in [0.2, 0.25) is 5.02 Å². The Morgan fingerprint density at radius 3 is 2.72 bits per heavy atom. The summed E-state index contributed by atoms with van der Waals surface area (Å²) in [6.45, 7) is 8.15. The van der Waals surface area contributed by atoms with Crippen molar-refractivity contribution in [1.29, 1.82) is 5.26 Å². The van der Waals surface area contributed by atoms with Crippen molar-refractivity contribution in [1.82, 2.24) is 24.9 Å². The van der Waals surface area contributed by atoms with Crippen LogP contribution in [0.4, 0.5) is 21.5 Å². The molecule has 39 heavy (non-hydrogen) atoms. The van der Waals surface area contributed by atoms with Gasteiger partial charge in [-0.2, -0.15) is 5.26 Å². The highest BCUT2D eigenvalue weighted by molar-refractivity contribution is 9.10. The first-order valence-electron chi connectivity index (χ1n) is 12.9. The van der Waals surface area contributed by atoms with Crippen LogP contribution >= 0.6 is 27.5 Å². The molecule has 0 spiro atoms. The van der Waals surface area contributed by atoms with Crippen molar-refractivity contribution < 1.29 is 4.39 Å². The number of benzene rings is 2. The summed E-state index contributed by atoms with van der Waals surface area (Å²) in [4.78, 5) is 6.99. The zero-order valence-corrected chi connectivity index (χ0v) is 24.1. The lowest BCUT2D eigenvalue weighted by Gasteiger charge is -2.34. The third-order valence-corrected chi connectivity index (χ3v) is 8.01. The minimum absolute atomic E-state index is 0.00512. The molecule has 0 atom stereocenters. The molecule has 0 amide bonds. The molecule has 8 nitrogen and oxygen atoms in total. The zero-order valence-electron chi connectivity index (χ0n) is 21.8. The molecule has 5 rings (SSSR count). The first kappa shape index (κ1) is 27.3. The molecule has 0 aliphatic carbocycles. The summed E-state index contributed by atoms with van der Waals surface area (Å²) in [6.07, 6.45) is 5.86. The van der Waals surface area contributed by atoms with Gasteiger partial charge in [0.25, 0.3) is 0 Å². The Kier molecular flexibility index (Phi) is 8.31. The highest BCUT2D eigenvalue weighted by Gasteiger charge is 2.21. The fraction of sp³-hybridized carbons (Fsp3) is 0.357. The van der Waals surface area contributed by atoms with Gasteiger partial charge in [-0.25, -0.2) is 4.39 Å². The highest BCUT2D eigenvalue weighted by atomic mass is 79.9. The second-order valence-corrected chi connectivity index (χ2v) is 11.4. The number of rotatable bonds is 8. The molecule has 1 aliphatic heterocycles. The Morgan fingerprint density at radius 1 is 1.21 bits per heavy atom. The minimum atomic E-state index is -0.509. The lowest BCUT2D eigenvalue weighted by atomic mass is 9.96. The van der Waals surface area contributed by atoms with Crippen molar-refractivity contribution in [3.8, 4) is 6.07 Å². The average molecular weight is 612 g/mol. The first-order valence-corrected chi connectivity index (χ1v) is 14.1. The van der Waals surface area contributed by atoms with Crippen LogP contribution in [0.15, 0.2) is 47.2 Å². The Balaban J connectivity index is 1.31. The number of piperidine rings is 1. The van der Waals surface area contributed by atoms with Crippen LogP contribution in [0.5, 0.6) is 0 Å². The SMILES string of the molecule is CC(C)N1CCC(Cn2cc(CNc3cc(Br)c4ncc(C#N)c(Nc5ccc(F)c(Cl)c5)c4c3)nn2)CC1. The molecule has 0 unspecified atom stereocenters. The summed E-state index contributed by atoms with van der Waals surface area (Å²) in [6, 6.07) is 11.0. The monoisotopic (exact) mass is 610 g/mol. The van der Waals surface area contributed by atoms with E-state index < -0.39 is 5.82 Å². The molecule has 1 aliphatic rings. The Labute approximate surface area is 240 Å². The predicted molar refractivity (Wildman–Crippen MR) is 156 cm³/mol. The van der Waals surface area contributed by atoms with E-state index in [-0.39, 0.29) is 5.02 Å². The smallest absolute Gasteiger partial charge is 0.141 e. The van der Waals surface area contributed by atoms with Crippen LogP contribution in [-0.2, 0) is 13.1 Å². The summed E-state index contributed by atoms with van der Waals surface area (Å²) >= 11 is 9.58. The van der Waals surface area contributed by atoms with Gasteiger partial charge in [-0.1, -0.05) is 16.8 Å². The van der Waals surface area contributed by atoms with Gasteiger partial charge in [-0.05, 0) is 92.0 Å². The molecule has 2 N–H and O–H groups in total. The van der Waals surface area contributed by atoms with Crippen molar-refractivity contribution in [3.05, 3.63) is 69.3 Å². The van der Waals surface area contributed by atoms with Crippen LogP contribution in [0, 0.1) is 23.1 Å². The quantitative estimate of drug-likeness (QED) is 0.228. The fourth-order valence-corrected chi connectivity index (χ4v) is 5.66. The maximum atomic E-state index is 13.7. The molecule has 11 heteroatoms. The van der Waals surface area contributed by atoms with Crippen molar-refractivity contribution in [3.63, 3.8) is 0 Å². The third-order valence-electron chi connectivity index (χ3n) is 7.12. The molecule has 2 aromatic carbocycles. The molecule has 3 heterocycles. The Hall–Kier alpha value is -3.26. The number of aromatic nitrogens is 4. The second kappa shape index (κ2) is 11.9. The molecule has 0 bridgehead atoms. The van der Waals surface area contributed by atoms with Crippen LogP contribution in [0.1, 0.15) is 37.9 Å². The maximum absolute atomic E-state index is 13.7. The van der Waals surface area contributed by atoms with E-state index in [9.17, 15) is 9.65 Å². The zero-order chi connectivity index (χ0) is 27.5. The third kappa shape index (κ3) is 6.32. The van der Waals surface area contributed by atoms with E-state index in [2.05, 4.69) is 66.7 Å². The predicted octanol–water partition coefficient (Wildman–Crippen LogP) is 6.73. The maximum Gasteiger partial charge on any atom is 0.141 e. The number of hydrogen-bond donors (Lipinski definition) is 2. The summed E-state index contributed by atoms with van der Waals surface area (Å²) in [7, 11) is 0. The Morgan fingerprint density at radius 2 is 2.00 bits per heavy atom. The van der Waals surface area contributed by atoms with E-state index in [1.54, 1.807) is 6.07 Å². The van der Waals surface area contributed by atoms with Gasteiger partial charge in [0.2, 0.25) is 0 Å². The summed E-state index contributed by atoms with van der Waals surface area (Å²) in [5.41, 5.74) is 3.82. The number of anilines is 3. The summed E-state index contributed by atoms with van der Waals surface area (Å²) in [5.74, 6) is 0.104. The van der Waals surface area contributed by atoms with E-state index in [0.717, 1.165) is 40.9 Å².